The quantitative estimate of drug-likeness (QED) is 0.0158. The smallest absolute Gasteiger partial charge is 0.457 e. The van der Waals surface area contributed by atoms with Crippen LogP contribution in [0, 0.1) is 11.8 Å². The lowest BCUT2D eigenvalue weighted by Crippen LogP contribution is -2.47. The van der Waals surface area contributed by atoms with Crippen LogP contribution in [0.2, 0.25) is 0 Å². The molecule has 2 atom stereocenters. The molecule has 113 heavy (non-hydrogen) atoms. The molecule has 0 bridgehead atoms. The van der Waals surface area contributed by atoms with E-state index in [-0.39, 0.29) is 99.5 Å². The number of hydrogen-bond acceptors (Lipinski definition) is 28. The number of nitrogens with zero attached hydrogens (tertiary/aromatic N) is 8. The highest BCUT2D eigenvalue weighted by Gasteiger charge is 2.51. The number of fused-ring (bicyclic) bond motifs is 5. The Balaban J connectivity index is 0.594. The van der Waals surface area contributed by atoms with Gasteiger partial charge in [-0.25, -0.2) is 37.6 Å². The lowest BCUT2D eigenvalue weighted by atomic mass is 9.85. The molecule has 2 aromatic carbocycles. The standard InChI is InChI=1S/C77H103N13O22S/c1-6-77(64-44-67-71-62(49-90(67)73(96)63(64)51-110-74(77)97)60(23-26-89(54(2)3)55(4)91)61-15-10-11-16-65(61)85-71)112-76(98)111-50-56-19-21-58(22-20-56)83-72(95)66(17-12-13-24-78)84-70(94)53-109-52-69(93)79-25-28-101-30-32-103-34-36-105-38-40-107-42-43-108-41-39-106-37-35-104-33-31-102-29-27-88-48-59(86-87-88)47-80-68(92)18-9-7-8-14-57-45-81-75(82-46-57)113(5,99)100/h10-11,15-16,19-22,44-46,48,54,66H,6-7,9,12-13,17-18,23-43,47,49-53,78H2,1-5H3,(H,79,93)(H,80,92)(H,83,95)(H,84,94)/t66-,77-/m0/s1. The van der Waals surface area contributed by atoms with Gasteiger partial charge in [0.1, 0.15) is 38.2 Å². The molecule has 614 valence electrons. The van der Waals surface area contributed by atoms with Gasteiger partial charge in [-0.05, 0) is 94.3 Å². The van der Waals surface area contributed by atoms with E-state index in [2.05, 4.69) is 53.4 Å². The normalized spacial score (nSPS) is 13.8. The van der Waals surface area contributed by atoms with Crippen LogP contribution < -0.4 is 32.6 Å². The van der Waals surface area contributed by atoms with Crippen LogP contribution >= 0.6 is 0 Å². The molecular weight excluding hydrogens is 1490 g/mol. The fourth-order valence-electron chi connectivity index (χ4n) is 12.0. The summed E-state index contributed by atoms with van der Waals surface area (Å²) >= 11 is 0. The van der Waals surface area contributed by atoms with Gasteiger partial charge in [-0.2, -0.15) is 0 Å². The van der Waals surface area contributed by atoms with E-state index >= 15 is 0 Å². The molecule has 8 rings (SSSR count). The van der Waals surface area contributed by atoms with Crippen LogP contribution in [0.25, 0.3) is 22.3 Å². The Labute approximate surface area is 655 Å². The number of hydrogen-bond donors (Lipinski definition) is 5. The third-order valence-electron chi connectivity index (χ3n) is 17.8. The second-order valence-corrected chi connectivity index (χ2v) is 28.4. The summed E-state index contributed by atoms with van der Waals surface area (Å²) in [6, 6.07) is 14.7. The minimum Gasteiger partial charge on any atom is -0.457 e. The number of aromatic nitrogens is 7. The van der Waals surface area contributed by atoms with Crippen LogP contribution in [0.3, 0.4) is 0 Å². The third kappa shape index (κ3) is 28.7. The van der Waals surface area contributed by atoms with Gasteiger partial charge >= 0.3 is 12.1 Å². The molecule has 35 nitrogen and oxygen atoms in total. The van der Waals surface area contributed by atoms with E-state index in [1.807, 2.05) is 38.1 Å². The van der Waals surface area contributed by atoms with Gasteiger partial charge in [-0.3, -0.25) is 28.8 Å². The molecule has 6 N–H and O–H groups in total. The fraction of sp³-hybridized carbons (Fsp3) is 0.545. The van der Waals surface area contributed by atoms with Crippen LogP contribution in [0.5, 0.6) is 0 Å². The third-order valence-corrected chi connectivity index (χ3v) is 18.7. The predicted molar refractivity (Wildman–Crippen MR) is 408 cm³/mol. The van der Waals surface area contributed by atoms with E-state index < -0.39 is 70.1 Å². The second-order valence-electron chi connectivity index (χ2n) is 26.5. The van der Waals surface area contributed by atoms with E-state index in [9.17, 15) is 46.8 Å². The molecule has 5 amide bonds. The molecule has 0 radical (unpaired) electrons. The summed E-state index contributed by atoms with van der Waals surface area (Å²) in [5, 5.41) is 19.7. The van der Waals surface area contributed by atoms with E-state index in [0.717, 1.165) is 22.8 Å². The van der Waals surface area contributed by atoms with Crippen molar-refractivity contribution < 1.29 is 98.8 Å². The number of nitrogens with one attached hydrogen (secondary N) is 4. The van der Waals surface area contributed by atoms with Gasteiger partial charge in [0.2, 0.25) is 50.1 Å². The molecule has 0 aliphatic carbocycles. The number of rotatable bonds is 52. The topological polar surface area (TPSA) is 433 Å². The van der Waals surface area contributed by atoms with Crippen LogP contribution in [-0.4, -0.2) is 246 Å². The first-order valence-corrected chi connectivity index (χ1v) is 39.6. The Morgan fingerprint density at radius 1 is 0.752 bits per heavy atom. The highest BCUT2D eigenvalue weighted by atomic mass is 32.2. The van der Waals surface area contributed by atoms with Crippen molar-refractivity contribution in [1.82, 2.24) is 55.4 Å². The molecule has 36 heteroatoms. The number of esters is 1. The van der Waals surface area contributed by atoms with Crippen LogP contribution in [0.15, 0.2) is 83.1 Å². The van der Waals surface area contributed by atoms with Crippen molar-refractivity contribution in [1.29, 1.82) is 0 Å². The second kappa shape index (κ2) is 47.0. The Bertz CT molecular complexity index is 4340. The van der Waals surface area contributed by atoms with E-state index in [0.29, 0.717) is 184 Å². The monoisotopic (exact) mass is 1590 g/mol. The van der Waals surface area contributed by atoms with Gasteiger partial charge in [0.25, 0.3) is 5.56 Å². The Morgan fingerprint density at radius 2 is 1.38 bits per heavy atom. The van der Waals surface area contributed by atoms with E-state index in [4.69, 9.17) is 67.6 Å². The first kappa shape index (κ1) is 88.8. The predicted octanol–water partition coefficient (Wildman–Crippen LogP) is 3.38. The van der Waals surface area contributed by atoms with Crippen molar-refractivity contribution in [3.63, 3.8) is 0 Å². The molecule has 0 spiro atoms. The highest BCUT2D eigenvalue weighted by molar-refractivity contribution is 7.90. The maximum atomic E-state index is 14.4. The number of benzene rings is 2. The molecule has 6 heterocycles. The Hall–Kier alpha value is -9.78. The number of carbonyl (C=O) groups is 7. The maximum absolute atomic E-state index is 14.4. The van der Waals surface area contributed by atoms with Crippen LogP contribution in [0.4, 0.5) is 10.5 Å². The number of amides is 5. The number of carbonyl (C=O) groups excluding carboxylic acids is 7. The van der Waals surface area contributed by atoms with Gasteiger partial charge in [0, 0.05) is 79.7 Å². The van der Waals surface area contributed by atoms with Crippen molar-refractivity contribution in [3.8, 4) is 23.2 Å². The summed E-state index contributed by atoms with van der Waals surface area (Å²) < 4.78 is 92.9. The zero-order valence-corrected chi connectivity index (χ0v) is 65.5. The van der Waals surface area contributed by atoms with Crippen molar-refractivity contribution in [2.24, 2.45) is 5.73 Å². The molecular formula is C77H103N13O22S. The zero-order valence-electron chi connectivity index (χ0n) is 64.7. The first-order valence-electron chi connectivity index (χ1n) is 37.7. The van der Waals surface area contributed by atoms with Crippen molar-refractivity contribution in [2.45, 2.75) is 135 Å². The van der Waals surface area contributed by atoms with Gasteiger partial charge in [0.15, 0.2) is 0 Å². The van der Waals surface area contributed by atoms with Crippen molar-refractivity contribution in [3.05, 3.63) is 123 Å². The maximum Gasteiger partial charge on any atom is 0.510 e. The highest BCUT2D eigenvalue weighted by Crippen LogP contribution is 2.42. The molecule has 0 fully saturated rings. The zero-order chi connectivity index (χ0) is 80.8. The van der Waals surface area contributed by atoms with E-state index in [1.54, 1.807) is 64.5 Å². The largest absolute Gasteiger partial charge is 0.510 e. The summed E-state index contributed by atoms with van der Waals surface area (Å²) in [6.07, 6.45) is 7.37. The summed E-state index contributed by atoms with van der Waals surface area (Å²) in [5.74, 6) is 3.12. The molecule has 6 aromatic rings. The molecule has 0 saturated heterocycles. The average molecular weight is 1590 g/mol. The SMILES string of the molecule is CC[C@@]1(OC(=O)OCc2ccc(NC(=O)[C@H](CCCCN)NC(=O)COCC(=O)NCCOCCOCCOCCOCCOCCOCCOCCOCCn3cc(CNC(=O)CCCC#Cc4cnc(S(C)(=O)=O)nc4)nn3)cc2)C(=O)OCc2c1cc1n(c2=O)Cc2c-1nc1ccccc1c2CCN(C(C)=O)C(C)C. The number of sulfone groups is 1. The molecule has 2 aliphatic rings. The molecule has 4 aromatic heterocycles. The van der Waals surface area contributed by atoms with Crippen LogP contribution in [-0.2, 0) is 140 Å². The van der Waals surface area contributed by atoms with Crippen molar-refractivity contribution in [2.75, 3.05) is 150 Å². The Kier molecular flexibility index (Phi) is 37.0. The fourth-order valence-corrected chi connectivity index (χ4v) is 12.5. The molecule has 0 saturated carbocycles. The van der Waals surface area contributed by atoms with E-state index in [1.165, 1.54) is 12.4 Å². The van der Waals surface area contributed by atoms with Gasteiger partial charge in [-0.1, -0.05) is 54.3 Å². The minimum atomic E-state index is -3.48. The number of nitrogens with two attached hydrogens (primary N) is 1. The number of unbranched alkanes of at least 4 members (excludes halogenated alkanes) is 2. The number of cyclic esters (lactones) is 1. The minimum absolute atomic E-state index is 0.0267. The van der Waals surface area contributed by atoms with Crippen LogP contribution in [0.1, 0.15) is 112 Å². The summed E-state index contributed by atoms with van der Waals surface area (Å²) in [7, 11) is -3.48. The summed E-state index contributed by atoms with van der Waals surface area (Å²) in [6.45, 7) is 13.5. The average Bonchev–Trinajstić information content (AvgIpc) is 1.63. The summed E-state index contributed by atoms with van der Waals surface area (Å²) in [4.78, 5) is 120. The number of anilines is 1. The first-order chi connectivity index (χ1) is 54.7. The number of pyridine rings is 2. The Morgan fingerprint density at radius 3 is 2.00 bits per heavy atom. The number of para-hydroxylation sites is 1. The van der Waals surface area contributed by atoms with Gasteiger partial charge < -0.3 is 93.3 Å². The lowest BCUT2D eigenvalue weighted by Gasteiger charge is -2.35. The van der Waals surface area contributed by atoms with Crippen molar-refractivity contribution >= 4 is 68.1 Å². The summed E-state index contributed by atoms with van der Waals surface area (Å²) in [5.41, 5.74) is 9.02. The number of ether oxygens (including phenoxy) is 12. The lowest BCUT2D eigenvalue weighted by molar-refractivity contribution is -0.175. The molecule has 2 aliphatic heterocycles. The van der Waals surface area contributed by atoms with Gasteiger partial charge in [-0.15, -0.1) is 5.10 Å². The van der Waals surface area contributed by atoms with Gasteiger partial charge in [0.05, 0.1) is 160 Å². The molecule has 0 unspecified atom stereocenters.